The highest BCUT2D eigenvalue weighted by atomic mass is 16.2. The number of likely N-dealkylation sites (tertiary alicyclic amines) is 1. The molecule has 2 amide bonds. The van der Waals surface area contributed by atoms with Gasteiger partial charge in [0.2, 0.25) is 0 Å². The molecule has 2 aliphatic heterocycles. The molecule has 1 atom stereocenters. The Balaban J connectivity index is 2.27. The molecule has 5 nitrogen and oxygen atoms in total. The summed E-state index contributed by atoms with van der Waals surface area (Å²) >= 11 is 0. The third-order valence-electron chi connectivity index (χ3n) is 4.12. The summed E-state index contributed by atoms with van der Waals surface area (Å²) in [5, 5.41) is 0. The fourth-order valence-corrected chi connectivity index (χ4v) is 2.91. The van der Waals surface area contributed by atoms with Gasteiger partial charge in [-0.05, 0) is 26.3 Å². The van der Waals surface area contributed by atoms with Crippen molar-refractivity contribution in [1.29, 1.82) is 0 Å². The van der Waals surface area contributed by atoms with Crippen LogP contribution >= 0.6 is 0 Å². The molecule has 2 N–H and O–H groups in total. The molecule has 0 aromatic rings. The minimum atomic E-state index is -0.450. The molecule has 1 fully saturated rings. The van der Waals surface area contributed by atoms with E-state index in [1.165, 1.54) is 0 Å². The Labute approximate surface area is 108 Å². The molecule has 1 saturated heterocycles. The normalized spacial score (nSPS) is 25.1. The SMILES string of the molecule is C#CC(C)N1C(=O)N=C(N)C12CCN(CC)CC2. The van der Waals surface area contributed by atoms with E-state index >= 15 is 0 Å². The standard InChI is InChI=1S/C13H20N4O/c1-4-10(3)17-12(18)15-11(14)13(17)6-8-16(5-2)9-7-13/h1,10H,5-9H2,2-3H3,(H2,14,15,18). The fourth-order valence-electron chi connectivity index (χ4n) is 2.91. The van der Waals surface area contributed by atoms with Crippen LogP contribution in [-0.4, -0.2) is 52.9 Å². The molecule has 1 unspecified atom stereocenters. The molecule has 0 bridgehead atoms. The van der Waals surface area contributed by atoms with Gasteiger partial charge in [0.05, 0.1) is 6.04 Å². The third-order valence-corrected chi connectivity index (χ3v) is 4.12. The van der Waals surface area contributed by atoms with E-state index in [2.05, 4.69) is 22.7 Å². The number of hydrogen-bond donors (Lipinski definition) is 1. The number of aliphatic imine (C=N–C) groups is 1. The smallest absolute Gasteiger partial charge is 0.347 e. The zero-order valence-corrected chi connectivity index (χ0v) is 11.0. The maximum Gasteiger partial charge on any atom is 0.347 e. The summed E-state index contributed by atoms with van der Waals surface area (Å²) < 4.78 is 0. The fraction of sp³-hybridized carbons (Fsp3) is 0.692. The summed E-state index contributed by atoms with van der Waals surface area (Å²) in [5.41, 5.74) is 5.56. The number of nitrogens with two attached hydrogens (primary N) is 1. The lowest BCUT2D eigenvalue weighted by Crippen LogP contribution is -2.61. The van der Waals surface area contributed by atoms with Crippen molar-refractivity contribution in [1.82, 2.24) is 9.80 Å². The van der Waals surface area contributed by atoms with Gasteiger partial charge < -0.3 is 10.6 Å². The van der Waals surface area contributed by atoms with E-state index in [-0.39, 0.29) is 12.1 Å². The lowest BCUT2D eigenvalue weighted by Gasteiger charge is -2.45. The number of carbonyl (C=O) groups is 1. The molecule has 98 valence electrons. The van der Waals surface area contributed by atoms with Crippen LogP contribution < -0.4 is 5.73 Å². The van der Waals surface area contributed by atoms with Gasteiger partial charge in [0.15, 0.2) is 0 Å². The largest absolute Gasteiger partial charge is 0.385 e. The monoisotopic (exact) mass is 248 g/mol. The lowest BCUT2D eigenvalue weighted by molar-refractivity contribution is 0.0940. The Bertz CT molecular complexity index is 415. The Kier molecular flexibility index (Phi) is 3.31. The van der Waals surface area contributed by atoms with E-state index in [1.807, 2.05) is 6.92 Å². The van der Waals surface area contributed by atoms with Crippen LogP contribution in [0, 0.1) is 12.3 Å². The molecule has 0 radical (unpaired) electrons. The summed E-state index contributed by atoms with van der Waals surface area (Å²) in [6.07, 6.45) is 7.08. The molecular weight excluding hydrogens is 228 g/mol. The van der Waals surface area contributed by atoms with Gasteiger partial charge in [-0.25, -0.2) is 4.79 Å². The number of terminal acetylenes is 1. The summed E-state index contributed by atoms with van der Waals surface area (Å²) in [6.45, 7) is 6.85. The summed E-state index contributed by atoms with van der Waals surface area (Å²) in [4.78, 5) is 19.9. The van der Waals surface area contributed by atoms with Gasteiger partial charge in [0.1, 0.15) is 11.4 Å². The summed E-state index contributed by atoms with van der Waals surface area (Å²) in [6, 6.07) is -0.557. The first-order valence-electron chi connectivity index (χ1n) is 6.41. The predicted molar refractivity (Wildman–Crippen MR) is 71.2 cm³/mol. The highest BCUT2D eigenvalue weighted by molar-refractivity contribution is 6.06. The zero-order valence-electron chi connectivity index (χ0n) is 11.0. The minimum Gasteiger partial charge on any atom is -0.385 e. The van der Waals surface area contributed by atoms with Crippen LogP contribution in [0.15, 0.2) is 4.99 Å². The van der Waals surface area contributed by atoms with Gasteiger partial charge in [0, 0.05) is 13.1 Å². The number of amides is 2. The summed E-state index contributed by atoms with van der Waals surface area (Å²) in [7, 11) is 0. The maximum absolute atomic E-state index is 12.0. The first-order chi connectivity index (χ1) is 8.55. The highest BCUT2D eigenvalue weighted by Gasteiger charge is 2.51. The van der Waals surface area contributed by atoms with Gasteiger partial charge in [0.25, 0.3) is 0 Å². The molecule has 0 aromatic heterocycles. The minimum absolute atomic E-state index is 0.268. The number of piperidine rings is 1. The first kappa shape index (κ1) is 12.9. The number of hydrogen-bond acceptors (Lipinski definition) is 3. The molecule has 18 heavy (non-hydrogen) atoms. The van der Waals surface area contributed by atoms with Crippen LogP contribution in [0.1, 0.15) is 26.7 Å². The number of amidine groups is 1. The van der Waals surface area contributed by atoms with Gasteiger partial charge in [-0.2, -0.15) is 4.99 Å². The van der Waals surface area contributed by atoms with E-state index in [1.54, 1.807) is 4.90 Å². The molecule has 0 saturated carbocycles. The number of rotatable bonds is 2. The average molecular weight is 248 g/mol. The van der Waals surface area contributed by atoms with Crippen molar-refractivity contribution in [2.24, 2.45) is 10.7 Å². The maximum atomic E-state index is 12.0. The van der Waals surface area contributed by atoms with Crippen molar-refractivity contribution < 1.29 is 4.79 Å². The Hall–Kier alpha value is -1.54. The molecule has 2 heterocycles. The Morgan fingerprint density at radius 1 is 1.56 bits per heavy atom. The predicted octanol–water partition coefficient (Wildman–Crippen LogP) is 0.655. The quantitative estimate of drug-likeness (QED) is 0.730. The van der Waals surface area contributed by atoms with Gasteiger partial charge in [-0.3, -0.25) is 4.90 Å². The molecule has 5 heteroatoms. The number of nitrogens with zero attached hydrogens (tertiary/aromatic N) is 3. The molecule has 1 spiro atoms. The van der Waals surface area contributed by atoms with E-state index in [0.717, 1.165) is 32.5 Å². The Morgan fingerprint density at radius 3 is 2.67 bits per heavy atom. The highest BCUT2D eigenvalue weighted by Crippen LogP contribution is 2.35. The van der Waals surface area contributed by atoms with Gasteiger partial charge >= 0.3 is 6.03 Å². The van der Waals surface area contributed by atoms with E-state index in [4.69, 9.17) is 12.2 Å². The van der Waals surface area contributed by atoms with Gasteiger partial charge in [-0.1, -0.05) is 12.8 Å². The van der Waals surface area contributed by atoms with Crippen LogP contribution in [0.2, 0.25) is 0 Å². The zero-order chi connectivity index (χ0) is 13.3. The van der Waals surface area contributed by atoms with Crippen molar-refractivity contribution in [3.63, 3.8) is 0 Å². The van der Waals surface area contributed by atoms with E-state index < -0.39 is 5.54 Å². The van der Waals surface area contributed by atoms with Gasteiger partial charge in [-0.15, -0.1) is 6.42 Å². The molecule has 0 aromatic carbocycles. The third kappa shape index (κ3) is 1.77. The number of carbonyl (C=O) groups excluding carboxylic acids is 1. The number of urea groups is 1. The average Bonchev–Trinajstić information content (AvgIpc) is 2.61. The van der Waals surface area contributed by atoms with Crippen molar-refractivity contribution in [3.8, 4) is 12.3 Å². The van der Waals surface area contributed by atoms with E-state index in [9.17, 15) is 4.79 Å². The summed E-state index contributed by atoms with van der Waals surface area (Å²) in [5.74, 6) is 3.05. The topological polar surface area (TPSA) is 61.9 Å². The van der Waals surface area contributed by atoms with Crippen molar-refractivity contribution in [2.45, 2.75) is 38.3 Å². The molecule has 2 rings (SSSR count). The van der Waals surface area contributed by atoms with Crippen molar-refractivity contribution >= 4 is 11.9 Å². The van der Waals surface area contributed by atoms with Crippen molar-refractivity contribution in [3.05, 3.63) is 0 Å². The van der Waals surface area contributed by atoms with Crippen LogP contribution in [-0.2, 0) is 0 Å². The van der Waals surface area contributed by atoms with Crippen LogP contribution in [0.4, 0.5) is 4.79 Å². The first-order valence-corrected chi connectivity index (χ1v) is 6.41. The van der Waals surface area contributed by atoms with Crippen molar-refractivity contribution in [2.75, 3.05) is 19.6 Å². The second-order valence-corrected chi connectivity index (χ2v) is 4.96. The van der Waals surface area contributed by atoms with Crippen LogP contribution in [0.25, 0.3) is 0 Å². The van der Waals surface area contributed by atoms with Crippen LogP contribution in [0.3, 0.4) is 0 Å². The lowest BCUT2D eigenvalue weighted by atomic mass is 9.84. The van der Waals surface area contributed by atoms with E-state index in [0.29, 0.717) is 5.84 Å². The molecule has 0 aliphatic carbocycles. The second-order valence-electron chi connectivity index (χ2n) is 4.96. The second kappa shape index (κ2) is 4.62. The Morgan fingerprint density at radius 2 is 2.17 bits per heavy atom. The van der Waals surface area contributed by atoms with Crippen LogP contribution in [0.5, 0.6) is 0 Å². The molecule has 2 aliphatic rings. The molecular formula is C13H20N4O.